The number of carbonyl (C=O) groups excluding carboxylic acids is 2. The van der Waals surface area contributed by atoms with E-state index in [9.17, 15) is 18.4 Å². The summed E-state index contributed by atoms with van der Waals surface area (Å²) >= 11 is 0. The molecule has 8 heteroatoms. The number of rotatable bonds is 3. The Kier molecular flexibility index (Phi) is 5.95. The molecule has 0 aromatic heterocycles. The molecule has 3 heterocycles. The molecular formula is C22H29F2N3O3. The number of benzene rings is 1. The molecule has 0 saturated carbocycles. The highest BCUT2D eigenvalue weighted by molar-refractivity contribution is 6.06. The number of ether oxygens (including phenoxy) is 1. The van der Waals surface area contributed by atoms with Crippen LogP contribution in [-0.4, -0.2) is 66.7 Å². The van der Waals surface area contributed by atoms with Gasteiger partial charge in [-0.05, 0) is 45.1 Å². The van der Waals surface area contributed by atoms with Crippen LogP contribution in [0, 0.1) is 0 Å². The molecule has 1 aromatic rings. The van der Waals surface area contributed by atoms with Gasteiger partial charge >= 0.3 is 17.9 Å². The van der Waals surface area contributed by atoms with Crippen molar-refractivity contribution in [2.75, 3.05) is 37.7 Å². The lowest BCUT2D eigenvalue weighted by Crippen LogP contribution is -2.50. The quantitative estimate of drug-likeness (QED) is 0.748. The molecule has 0 N–H and O–H groups in total. The van der Waals surface area contributed by atoms with Gasteiger partial charge in [0.2, 0.25) is 0 Å². The van der Waals surface area contributed by atoms with Gasteiger partial charge in [-0.15, -0.1) is 0 Å². The van der Waals surface area contributed by atoms with Crippen molar-refractivity contribution in [2.24, 2.45) is 0 Å². The zero-order chi connectivity index (χ0) is 21.3. The number of para-hydroxylation sites is 1. The molecule has 1 aromatic carbocycles. The standard InChI is InChI=1S/C22H29F2N3O3/c1-2-30-21(29)26-12-5-6-16(9-15-26)25-13-10-17(11-14-25)27-19-8-4-3-7-18(19)22(23,24)20(27)28/h3-4,7-8,16-17H,2,5-6,9-15H2,1H3. The number of halogens is 2. The third-order valence-corrected chi connectivity index (χ3v) is 6.59. The van der Waals surface area contributed by atoms with Gasteiger partial charge in [0.15, 0.2) is 0 Å². The lowest BCUT2D eigenvalue weighted by atomic mass is 9.98. The second kappa shape index (κ2) is 8.49. The van der Waals surface area contributed by atoms with Crippen LogP contribution in [0.1, 0.15) is 44.6 Å². The third kappa shape index (κ3) is 3.77. The van der Waals surface area contributed by atoms with Crippen LogP contribution in [-0.2, 0) is 15.5 Å². The molecule has 2 amide bonds. The Morgan fingerprint density at radius 1 is 1.07 bits per heavy atom. The summed E-state index contributed by atoms with van der Waals surface area (Å²) in [6.07, 6.45) is 3.91. The summed E-state index contributed by atoms with van der Waals surface area (Å²) in [6, 6.07) is 6.39. The summed E-state index contributed by atoms with van der Waals surface area (Å²) in [5.74, 6) is -4.53. The minimum Gasteiger partial charge on any atom is -0.450 e. The van der Waals surface area contributed by atoms with Crippen LogP contribution in [0.2, 0.25) is 0 Å². The van der Waals surface area contributed by atoms with E-state index in [1.165, 1.54) is 11.0 Å². The molecule has 164 valence electrons. The first kappa shape index (κ1) is 21.0. The van der Waals surface area contributed by atoms with Crippen molar-refractivity contribution in [2.45, 2.75) is 57.0 Å². The SMILES string of the molecule is CCOC(=O)N1CCCC(N2CCC(N3C(=O)C(F)(F)c4ccccc43)CC2)CC1. The Balaban J connectivity index is 1.37. The fourth-order valence-electron chi connectivity index (χ4n) is 5.04. The van der Waals surface area contributed by atoms with Gasteiger partial charge in [-0.1, -0.05) is 18.2 Å². The van der Waals surface area contributed by atoms with Crippen molar-refractivity contribution in [3.05, 3.63) is 29.8 Å². The molecule has 1 atom stereocenters. The van der Waals surface area contributed by atoms with Gasteiger partial charge in [0.1, 0.15) is 0 Å². The monoisotopic (exact) mass is 421 g/mol. The molecule has 1 unspecified atom stereocenters. The lowest BCUT2D eigenvalue weighted by Gasteiger charge is -2.40. The summed E-state index contributed by atoms with van der Waals surface area (Å²) in [6.45, 7) is 5.11. The number of hydrogen-bond acceptors (Lipinski definition) is 4. The Hall–Kier alpha value is -2.22. The van der Waals surface area contributed by atoms with Crippen molar-refractivity contribution in [1.82, 2.24) is 9.80 Å². The van der Waals surface area contributed by atoms with Crippen molar-refractivity contribution in [3.8, 4) is 0 Å². The number of anilines is 1. The smallest absolute Gasteiger partial charge is 0.409 e. The van der Waals surface area contributed by atoms with E-state index in [1.54, 1.807) is 23.1 Å². The fraction of sp³-hybridized carbons (Fsp3) is 0.636. The number of amides is 2. The molecule has 0 aliphatic carbocycles. The first-order valence-electron chi connectivity index (χ1n) is 10.9. The zero-order valence-corrected chi connectivity index (χ0v) is 17.4. The highest BCUT2D eigenvalue weighted by atomic mass is 19.3. The van der Waals surface area contributed by atoms with Gasteiger partial charge in [0.25, 0.3) is 0 Å². The first-order valence-corrected chi connectivity index (χ1v) is 10.9. The van der Waals surface area contributed by atoms with E-state index in [1.807, 2.05) is 6.92 Å². The van der Waals surface area contributed by atoms with Crippen LogP contribution in [0.3, 0.4) is 0 Å². The molecule has 0 bridgehead atoms. The minimum atomic E-state index is -3.44. The van der Waals surface area contributed by atoms with E-state index in [4.69, 9.17) is 4.74 Å². The highest BCUT2D eigenvalue weighted by Crippen LogP contribution is 2.46. The number of fused-ring (bicyclic) bond motifs is 1. The summed E-state index contributed by atoms with van der Waals surface area (Å²) in [5, 5.41) is 0. The second-order valence-corrected chi connectivity index (χ2v) is 8.30. The molecule has 30 heavy (non-hydrogen) atoms. The van der Waals surface area contributed by atoms with E-state index >= 15 is 0 Å². The van der Waals surface area contributed by atoms with Crippen LogP contribution in [0.15, 0.2) is 24.3 Å². The second-order valence-electron chi connectivity index (χ2n) is 8.30. The van der Waals surface area contributed by atoms with Crippen molar-refractivity contribution in [3.63, 3.8) is 0 Å². The number of piperidine rings is 1. The Morgan fingerprint density at radius 2 is 1.77 bits per heavy atom. The van der Waals surface area contributed by atoms with Crippen molar-refractivity contribution < 1.29 is 23.1 Å². The summed E-state index contributed by atoms with van der Waals surface area (Å²) in [4.78, 5) is 30.0. The molecule has 0 spiro atoms. The zero-order valence-electron chi connectivity index (χ0n) is 17.4. The van der Waals surface area contributed by atoms with Crippen molar-refractivity contribution >= 4 is 17.7 Å². The molecule has 3 aliphatic rings. The van der Waals surface area contributed by atoms with Crippen LogP contribution >= 0.6 is 0 Å². The number of carbonyl (C=O) groups is 2. The normalized spacial score (nSPS) is 25.2. The number of nitrogens with zero attached hydrogens (tertiary/aromatic N) is 3. The van der Waals surface area contributed by atoms with Crippen LogP contribution in [0.5, 0.6) is 0 Å². The van der Waals surface area contributed by atoms with Crippen LogP contribution < -0.4 is 4.90 Å². The number of likely N-dealkylation sites (tertiary alicyclic amines) is 2. The summed E-state index contributed by atoms with van der Waals surface area (Å²) in [5.41, 5.74) is 0.172. The Bertz CT molecular complexity index is 796. The molecular weight excluding hydrogens is 392 g/mol. The lowest BCUT2D eigenvalue weighted by molar-refractivity contribution is -0.142. The predicted octanol–water partition coefficient (Wildman–Crippen LogP) is 3.60. The highest BCUT2D eigenvalue weighted by Gasteiger charge is 2.54. The van der Waals surface area contributed by atoms with Gasteiger partial charge in [-0.3, -0.25) is 4.79 Å². The van der Waals surface area contributed by atoms with Gasteiger partial charge in [0.05, 0.1) is 17.9 Å². The molecule has 2 saturated heterocycles. The maximum atomic E-state index is 14.5. The molecule has 2 fully saturated rings. The molecule has 0 radical (unpaired) electrons. The van der Waals surface area contributed by atoms with Crippen molar-refractivity contribution in [1.29, 1.82) is 0 Å². The molecule has 3 aliphatic heterocycles. The fourth-order valence-corrected chi connectivity index (χ4v) is 5.04. The van der Waals surface area contributed by atoms with Gasteiger partial charge in [0, 0.05) is 38.3 Å². The maximum Gasteiger partial charge on any atom is 0.409 e. The Morgan fingerprint density at radius 3 is 2.50 bits per heavy atom. The average molecular weight is 421 g/mol. The summed E-state index contributed by atoms with van der Waals surface area (Å²) < 4.78 is 34.0. The number of alkyl halides is 2. The molecule has 4 rings (SSSR count). The van der Waals surface area contributed by atoms with E-state index in [0.29, 0.717) is 44.3 Å². The Labute approximate surface area is 175 Å². The van der Waals surface area contributed by atoms with Gasteiger partial charge in [-0.25, -0.2) is 4.79 Å². The minimum absolute atomic E-state index is 0.180. The maximum absolute atomic E-state index is 14.5. The third-order valence-electron chi connectivity index (χ3n) is 6.59. The first-order chi connectivity index (χ1) is 14.4. The average Bonchev–Trinajstić information content (AvgIpc) is 2.91. The predicted molar refractivity (Wildman–Crippen MR) is 109 cm³/mol. The topological polar surface area (TPSA) is 53.1 Å². The van der Waals surface area contributed by atoms with E-state index < -0.39 is 11.8 Å². The van der Waals surface area contributed by atoms with Crippen LogP contribution in [0.4, 0.5) is 19.3 Å². The summed E-state index contributed by atoms with van der Waals surface area (Å²) in [7, 11) is 0. The van der Waals surface area contributed by atoms with Gasteiger partial charge in [-0.2, -0.15) is 8.78 Å². The largest absolute Gasteiger partial charge is 0.450 e. The van der Waals surface area contributed by atoms with E-state index in [0.717, 1.165) is 32.4 Å². The van der Waals surface area contributed by atoms with Crippen LogP contribution in [0.25, 0.3) is 0 Å². The molecule has 6 nitrogen and oxygen atoms in total. The van der Waals surface area contributed by atoms with Gasteiger partial charge < -0.3 is 19.4 Å². The van der Waals surface area contributed by atoms with E-state index in [-0.39, 0.29) is 17.7 Å². The number of hydrogen-bond donors (Lipinski definition) is 0. The van der Waals surface area contributed by atoms with E-state index in [2.05, 4.69) is 4.90 Å².